The number of hydrogen-bond acceptors (Lipinski definition) is 2. The van der Waals surface area contributed by atoms with Crippen molar-refractivity contribution < 1.29 is 18.4 Å². The van der Waals surface area contributed by atoms with Crippen molar-refractivity contribution in [1.29, 1.82) is 0 Å². The Kier molecular flexibility index (Phi) is 6.64. The molecule has 3 amide bonds. The summed E-state index contributed by atoms with van der Waals surface area (Å²) in [6.07, 6.45) is 3.03. The average Bonchev–Trinajstić information content (AvgIpc) is 2.53. The van der Waals surface area contributed by atoms with E-state index in [4.69, 9.17) is 0 Å². The molecule has 0 unspecified atom stereocenters. The highest BCUT2D eigenvalue weighted by Crippen LogP contribution is 2.23. The Labute approximate surface area is 152 Å². The summed E-state index contributed by atoms with van der Waals surface area (Å²) in [6, 6.07) is 7.43. The number of amides is 3. The van der Waals surface area contributed by atoms with Crippen LogP contribution in [0.3, 0.4) is 0 Å². The molecule has 0 aliphatic rings. The zero-order chi connectivity index (χ0) is 18.4. The van der Waals surface area contributed by atoms with E-state index in [1.165, 1.54) is 0 Å². The SMILES string of the molecule is CCCCc1ccc(NC(=O)NC(=O)c2c(F)cccc2F)cc1Br. The molecule has 0 aliphatic carbocycles. The molecular weight excluding hydrogens is 394 g/mol. The molecule has 0 fully saturated rings. The zero-order valence-electron chi connectivity index (χ0n) is 13.5. The number of halogens is 3. The molecule has 4 nitrogen and oxygen atoms in total. The van der Waals surface area contributed by atoms with Crippen LogP contribution in [0.5, 0.6) is 0 Å². The van der Waals surface area contributed by atoms with Gasteiger partial charge in [0.1, 0.15) is 17.2 Å². The summed E-state index contributed by atoms with van der Waals surface area (Å²) >= 11 is 3.44. The standard InChI is InChI=1S/C18H17BrF2N2O2/c1-2-3-5-11-8-9-12(10-13(11)19)22-18(25)23-17(24)16-14(20)6-4-7-15(16)21/h4,6-10H,2-3,5H2,1H3,(H2,22,23,24,25). The summed E-state index contributed by atoms with van der Waals surface area (Å²) in [5, 5.41) is 4.37. The van der Waals surface area contributed by atoms with Crippen molar-refractivity contribution in [2.75, 3.05) is 5.32 Å². The summed E-state index contributed by atoms with van der Waals surface area (Å²) in [6.45, 7) is 2.10. The van der Waals surface area contributed by atoms with Crippen LogP contribution in [-0.2, 0) is 6.42 Å². The van der Waals surface area contributed by atoms with Gasteiger partial charge in [-0.1, -0.05) is 41.4 Å². The molecule has 0 radical (unpaired) electrons. The molecule has 0 bridgehead atoms. The van der Waals surface area contributed by atoms with Crippen molar-refractivity contribution in [3.05, 3.63) is 63.6 Å². The van der Waals surface area contributed by atoms with Gasteiger partial charge < -0.3 is 5.32 Å². The number of rotatable bonds is 5. The maximum Gasteiger partial charge on any atom is 0.326 e. The minimum Gasteiger partial charge on any atom is -0.308 e. The highest BCUT2D eigenvalue weighted by molar-refractivity contribution is 9.10. The van der Waals surface area contributed by atoms with E-state index in [2.05, 4.69) is 28.2 Å². The van der Waals surface area contributed by atoms with E-state index in [0.29, 0.717) is 5.69 Å². The molecule has 0 saturated carbocycles. The Balaban J connectivity index is 2.03. The summed E-state index contributed by atoms with van der Waals surface area (Å²) in [5.41, 5.74) is 0.762. The first-order chi connectivity index (χ1) is 11.9. The van der Waals surface area contributed by atoms with E-state index in [9.17, 15) is 18.4 Å². The molecule has 2 N–H and O–H groups in total. The molecule has 2 rings (SSSR count). The molecular formula is C18H17BrF2N2O2. The Morgan fingerprint density at radius 2 is 1.80 bits per heavy atom. The van der Waals surface area contributed by atoms with Gasteiger partial charge in [-0.3, -0.25) is 10.1 Å². The third kappa shape index (κ3) is 5.09. The first-order valence-corrected chi connectivity index (χ1v) is 8.56. The van der Waals surface area contributed by atoms with Crippen LogP contribution in [0.1, 0.15) is 35.7 Å². The second-order valence-corrected chi connectivity index (χ2v) is 6.27. The molecule has 0 atom stereocenters. The number of imide groups is 1. The summed E-state index contributed by atoms with van der Waals surface area (Å²) in [4.78, 5) is 23.7. The smallest absolute Gasteiger partial charge is 0.308 e. The van der Waals surface area contributed by atoms with Gasteiger partial charge in [-0.15, -0.1) is 0 Å². The summed E-state index contributed by atoms with van der Waals surface area (Å²) in [7, 11) is 0. The van der Waals surface area contributed by atoms with Crippen molar-refractivity contribution in [3.8, 4) is 0 Å². The number of carbonyl (C=O) groups is 2. The lowest BCUT2D eigenvalue weighted by molar-refractivity contribution is 0.0959. The second-order valence-electron chi connectivity index (χ2n) is 5.41. The minimum absolute atomic E-state index is 0.450. The van der Waals surface area contributed by atoms with E-state index >= 15 is 0 Å². The van der Waals surface area contributed by atoms with Gasteiger partial charge in [-0.2, -0.15) is 0 Å². The number of unbranched alkanes of at least 4 members (excludes halogenated alkanes) is 1. The molecule has 2 aromatic carbocycles. The van der Waals surface area contributed by atoms with Crippen molar-refractivity contribution in [2.45, 2.75) is 26.2 Å². The number of urea groups is 1. The maximum atomic E-state index is 13.5. The van der Waals surface area contributed by atoms with Crippen LogP contribution in [0.15, 0.2) is 40.9 Å². The van der Waals surface area contributed by atoms with Crippen LogP contribution in [-0.4, -0.2) is 11.9 Å². The van der Waals surface area contributed by atoms with E-state index in [1.54, 1.807) is 12.1 Å². The number of aryl methyl sites for hydroxylation is 1. The highest BCUT2D eigenvalue weighted by Gasteiger charge is 2.19. The van der Waals surface area contributed by atoms with Crippen LogP contribution in [0, 0.1) is 11.6 Å². The summed E-state index contributed by atoms with van der Waals surface area (Å²) < 4.78 is 27.9. The van der Waals surface area contributed by atoms with Gasteiger partial charge >= 0.3 is 6.03 Å². The van der Waals surface area contributed by atoms with Gasteiger partial charge in [0.15, 0.2) is 0 Å². The van der Waals surface area contributed by atoms with Crippen LogP contribution < -0.4 is 10.6 Å². The van der Waals surface area contributed by atoms with Gasteiger partial charge in [0.25, 0.3) is 5.91 Å². The van der Waals surface area contributed by atoms with Crippen LogP contribution >= 0.6 is 15.9 Å². The molecule has 25 heavy (non-hydrogen) atoms. The van der Waals surface area contributed by atoms with Gasteiger partial charge in [0, 0.05) is 10.2 Å². The first-order valence-electron chi connectivity index (χ1n) is 7.77. The number of carbonyl (C=O) groups excluding carboxylic acids is 2. The molecule has 0 aliphatic heterocycles. The van der Waals surface area contributed by atoms with Crippen LogP contribution in [0.4, 0.5) is 19.3 Å². The normalized spacial score (nSPS) is 10.4. The van der Waals surface area contributed by atoms with Gasteiger partial charge in [-0.25, -0.2) is 13.6 Å². The molecule has 0 saturated heterocycles. The van der Waals surface area contributed by atoms with Gasteiger partial charge in [-0.05, 0) is 42.7 Å². The van der Waals surface area contributed by atoms with E-state index in [0.717, 1.165) is 47.5 Å². The Hall–Kier alpha value is -2.28. The Bertz CT molecular complexity index is 776. The van der Waals surface area contributed by atoms with E-state index in [1.807, 2.05) is 11.4 Å². The van der Waals surface area contributed by atoms with Crippen molar-refractivity contribution >= 4 is 33.6 Å². The fraction of sp³-hybridized carbons (Fsp3) is 0.222. The lowest BCUT2D eigenvalue weighted by Gasteiger charge is -2.10. The quantitative estimate of drug-likeness (QED) is 0.725. The van der Waals surface area contributed by atoms with Gasteiger partial charge in [0.05, 0.1) is 0 Å². The lowest BCUT2D eigenvalue weighted by Crippen LogP contribution is -2.35. The second kappa shape index (κ2) is 8.71. The van der Waals surface area contributed by atoms with E-state index < -0.39 is 29.1 Å². The fourth-order valence-electron chi connectivity index (χ4n) is 2.24. The van der Waals surface area contributed by atoms with Crippen LogP contribution in [0.25, 0.3) is 0 Å². The van der Waals surface area contributed by atoms with Gasteiger partial charge in [0.2, 0.25) is 0 Å². The monoisotopic (exact) mass is 410 g/mol. The summed E-state index contributed by atoms with van der Waals surface area (Å²) in [5.74, 6) is -3.21. The lowest BCUT2D eigenvalue weighted by atomic mass is 10.1. The van der Waals surface area contributed by atoms with Crippen LogP contribution in [0.2, 0.25) is 0 Å². The van der Waals surface area contributed by atoms with Crippen molar-refractivity contribution in [1.82, 2.24) is 5.32 Å². The number of hydrogen-bond donors (Lipinski definition) is 2. The fourth-order valence-corrected chi connectivity index (χ4v) is 2.81. The van der Waals surface area contributed by atoms with Crippen molar-refractivity contribution in [2.24, 2.45) is 0 Å². The number of anilines is 1. The number of nitrogens with one attached hydrogen (secondary N) is 2. The Morgan fingerprint density at radius 1 is 1.12 bits per heavy atom. The Morgan fingerprint density at radius 3 is 2.40 bits per heavy atom. The predicted octanol–water partition coefficient (Wildman–Crippen LogP) is 5.03. The minimum atomic E-state index is -1.15. The molecule has 0 heterocycles. The maximum absolute atomic E-state index is 13.5. The van der Waals surface area contributed by atoms with E-state index in [-0.39, 0.29) is 0 Å². The molecule has 7 heteroatoms. The number of benzene rings is 2. The largest absolute Gasteiger partial charge is 0.326 e. The average molecular weight is 411 g/mol. The molecule has 0 aromatic heterocycles. The zero-order valence-corrected chi connectivity index (χ0v) is 15.1. The van der Waals surface area contributed by atoms with Crippen molar-refractivity contribution in [3.63, 3.8) is 0 Å². The topological polar surface area (TPSA) is 58.2 Å². The molecule has 0 spiro atoms. The third-order valence-electron chi connectivity index (χ3n) is 3.53. The third-order valence-corrected chi connectivity index (χ3v) is 4.27. The first kappa shape index (κ1) is 19.1. The highest BCUT2D eigenvalue weighted by atomic mass is 79.9. The molecule has 2 aromatic rings. The molecule has 132 valence electrons. The predicted molar refractivity (Wildman–Crippen MR) is 95.6 cm³/mol.